The van der Waals surface area contributed by atoms with Crippen molar-refractivity contribution in [1.82, 2.24) is 9.66 Å². The molecule has 0 spiro atoms. The van der Waals surface area contributed by atoms with Crippen LogP contribution in [0.4, 0.5) is 4.39 Å². The first-order chi connectivity index (χ1) is 11.2. The Hall–Kier alpha value is -2.60. The predicted molar refractivity (Wildman–Crippen MR) is 91.0 cm³/mol. The molecule has 0 radical (unpaired) electrons. The Bertz CT molecular complexity index is 910. The Balaban J connectivity index is 2.16. The fraction of sp³-hybridized carbons (Fsp3) is 0.118. The molecule has 0 fully saturated rings. The van der Waals surface area contributed by atoms with E-state index in [0.717, 1.165) is 11.3 Å². The Morgan fingerprint density at radius 2 is 2.04 bits per heavy atom. The van der Waals surface area contributed by atoms with Crippen LogP contribution in [0.5, 0.6) is 0 Å². The summed E-state index contributed by atoms with van der Waals surface area (Å²) in [4.78, 5) is 9.03. The minimum absolute atomic E-state index is 0.282. The minimum atomic E-state index is -0.282. The molecule has 0 unspecified atom stereocenters. The summed E-state index contributed by atoms with van der Waals surface area (Å²) >= 11 is 1.42. The first kappa shape index (κ1) is 15.3. The maximum Gasteiger partial charge on any atom is 0.205 e. The number of pyridine rings is 1. The van der Waals surface area contributed by atoms with Crippen LogP contribution in [0, 0.1) is 5.82 Å². The molecule has 0 atom stereocenters. The van der Waals surface area contributed by atoms with Gasteiger partial charge in [-0.05, 0) is 25.1 Å². The van der Waals surface area contributed by atoms with Crippen molar-refractivity contribution in [2.24, 2.45) is 10.1 Å². The molecule has 0 aliphatic heterocycles. The van der Waals surface area contributed by atoms with E-state index in [2.05, 4.69) is 15.1 Å². The number of rotatable bonds is 3. The van der Waals surface area contributed by atoms with E-state index in [-0.39, 0.29) is 5.82 Å². The van der Waals surface area contributed by atoms with Gasteiger partial charge in [0.2, 0.25) is 4.80 Å². The van der Waals surface area contributed by atoms with Crippen molar-refractivity contribution >= 4 is 17.0 Å². The second-order valence-corrected chi connectivity index (χ2v) is 5.68. The molecule has 0 aliphatic carbocycles. The minimum Gasteiger partial charge on any atom is -0.264 e. The third-order valence-corrected chi connectivity index (χ3v) is 4.26. The van der Waals surface area contributed by atoms with Crippen molar-refractivity contribution in [3.8, 4) is 11.3 Å². The van der Waals surface area contributed by atoms with Crippen molar-refractivity contribution in [3.05, 3.63) is 70.4 Å². The van der Waals surface area contributed by atoms with Gasteiger partial charge in [-0.2, -0.15) is 5.10 Å². The van der Waals surface area contributed by atoms with Crippen molar-refractivity contribution in [2.75, 3.05) is 7.05 Å². The van der Waals surface area contributed by atoms with Crippen molar-refractivity contribution in [1.29, 1.82) is 0 Å². The maximum atomic E-state index is 14.1. The molecule has 0 saturated heterocycles. The van der Waals surface area contributed by atoms with E-state index in [9.17, 15) is 4.39 Å². The summed E-state index contributed by atoms with van der Waals surface area (Å²) < 4.78 is 15.8. The third kappa shape index (κ3) is 3.12. The summed E-state index contributed by atoms with van der Waals surface area (Å²) in [6.45, 7) is 1.90. The number of halogens is 1. The smallest absolute Gasteiger partial charge is 0.205 e. The van der Waals surface area contributed by atoms with Gasteiger partial charge in [-0.1, -0.05) is 18.2 Å². The zero-order valence-electron chi connectivity index (χ0n) is 12.8. The lowest BCUT2D eigenvalue weighted by molar-refractivity contribution is 0.629. The fourth-order valence-electron chi connectivity index (χ4n) is 2.19. The topological polar surface area (TPSA) is 42.5 Å². The van der Waals surface area contributed by atoms with Gasteiger partial charge >= 0.3 is 0 Å². The van der Waals surface area contributed by atoms with Crippen LogP contribution in [0.1, 0.15) is 12.5 Å². The number of hydrogen-bond acceptors (Lipinski definition) is 4. The number of aromatic nitrogens is 2. The van der Waals surface area contributed by atoms with Crippen LogP contribution < -0.4 is 4.80 Å². The summed E-state index contributed by atoms with van der Waals surface area (Å²) in [6.07, 6.45) is 3.46. The Kier molecular flexibility index (Phi) is 4.43. The quantitative estimate of drug-likeness (QED) is 0.679. The van der Waals surface area contributed by atoms with Gasteiger partial charge in [-0.25, -0.2) is 9.07 Å². The standard InChI is InChI=1S/C17H15FN4S/c1-12(13-6-5-9-20-10-13)21-22-16(11-23-17(22)19-2)14-7-3-4-8-15(14)18/h3-11H,1-2H3. The van der Waals surface area contributed by atoms with Crippen LogP contribution in [0.2, 0.25) is 0 Å². The van der Waals surface area contributed by atoms with E-state index in [1.54, 1.807) is 42.3 Å². The SMILES string of the molecule is CN=c1scc(-c2ccccc2F)n1N=C(C)c1cccnc1. The monoisotopic (exact) mass is 326 g/mol. The highest BCUT2D eigenvalue weighted by Crippen LogP contribution is 2.23. The molecule has 6 heteroatoms. The van der Waals surface area contributed by atoms with E-state index < -0.39 is 0 Å². The van der Waals surface area contributed by atoms with Crippen LogP contribution >= 0.6 is 11.3 Å². The molecule has 0 amide bonds. The summed E-state index contributed by atoms with van der Waals surface area (Å²) in [7, 11) is 1.70. The van der Waals surface area contributed by atoms with Crippen LogP contribution in [-0.4, -0.2) is 22.4 Å². The van der Waals surface area contributed by atoms with Gasteiger partial charge in [-0.15, -0.1) is 11.3 Å². The average molecular weight is 326 g/mol. The molecule has 2 heterocycles. The van der Waals surface area contributed by atoms with Gasteiger partial charge in [0.05, 0.1) is 11.4 Å². The van der Waals surface area contributed by atoms with E-state index in [1.165, 1.54) is 17.4 Å². The molecule has 3 aromatic rings. The lowest BCUT2D eigenvalue weighted by Crippen LogP contribution is -2.14. The van der Waals surface area contributed by atoms with E-state index >= 15 is 0 Å². The van der Waals surface area contributed by atoms with E-state index in [0.29, 0.717) is 16.1 Å². The molecule has 23 heavy (non-hydrogen) atoms. The van der Waals surface area contributed by atoms with Crippen molar-refractivity contribution in [3.63, 3.8) is 0 Å². The first-order valence-electron chi connectivity index (χ1n) is 7.05. The van der Waals surface area contributed by atoms with Gasteiger partial charge in [0.1, 0.15) is 5.82 Å². The number of benzene rings is 1. The predicted octanol–water partition coefficient (Wildman–Crippen LogP) is 3.55. The number of thiazole rings is 1. The number of hydrogen-bond donors (Lipinski definition) is 0. The summed E-state index contributed by atoms with van der Waals surface area (Å²) in [6, 6.07) is 10.4. The molecule has 2 aromatic heterocycles. The zero-order chi connectivity index (χ0) is 16.2. The van der Waals surface area contributed by atoms with Gasteiger partial charge < -0.3 is 0 Å². The maximum absolute atomic E-state index is 14.1. The van der Waals surface area contributed by atoms with Crippen LogP contribution in [0.15, 0.2) is 64.3 Å². The molecule has 1 aromatic carbocycles. The molecule has 0 bridgehead atoms. The van der Waals surface area contributed by atoms with Crippen LogP contribution in [0.3, 0.4) is 0 Å². The molecule has 0 saturated carbocycles. The largest absolute Gasteiger partial charge is 0.264 e. The van der Waals surface area contributed by atoms with Gasteiger partial charge in [-0.3, -0.25) is 9.98 Å². The lowest BCUT2D eigenvalue weighted by atomic mass is 10.1. The van der Waals surface area contributed by atoms with Crippen LogP contribution in [0.25, 0.3) is 11.3 Å². The number of nitrogens with zero attached hydrogens (tertiary/aromatic N) is 4. The summed E-state index contributed by atoms with van der Waals surface area (Å²) in [5, 5.41) is 6.48. The lowest BCUT2D eigenvalue weighted by Gasteiger charge is -2.06. The molecule has 0 aliphatic rings. The van der Waals surface area contributed by atoms with Crippen LogP contribution in [-0.2, 0) is 0 Å². The summed E-state index contributed by atoms with van der Waals surface area (Å²) in [5.74, 6) is -0.282. The van der Waals surface area contributed by atoms with Crippen molar-refractivity contribution in [2.45, 2.75) is 6.92 Å². The van der Waals surface area contributed by atoms with Crippen molar-refractivity contribution < 1.29 is 4.39 Å². The van der Waals surface area contributed by atoms with Gasteiger partial charge in [0.25, 0.3) is 0 Å². The highest BCUT2D eigenvalue weighted by Gasteiger charge is 2.12. The molecular weight excluding hydrogens is 311 g/mol. The summed E-state index contributed by atoms with van der Waals surface area (Å²) in [5.41, 5.74) is 2.87. The highest BCUT2D eigenvalue weighted by molar-refractivity contribution is 7.07. The molecule has 116 valence electrons. The second-order valence-electron chi connectivity index (χ2n) is 4.85. The Labute approximate surface area is 137 Å². The normalized spacial score (nSPS) is 12.7. The molecular formula is C17H15FN4S. The Morgan fingerprint density at radius 1 is 1.22 bits per heavy atom. The highest BCUT2D eigenvalue weighted by atomic mass is 32.1. The first-order valence-corrected chi connectivity index (χ1v) is 7.93. The third-order valence-electron chi connectivity index (χ3n) is 3.36. The second kappa shape index (κ2) is 6.66. The van der Waals surface area contributed by atoms with Gasteiger partial charge in [0, 0.05) is 35.9 Å². The van der Waals surface area contributed by atoms with E-state index in [4.69, 9.17) is 0 Å². The zero-order valence-corrected chi connectivity index (χ0v) is 13.6. The van der Waals surface area contributed by atoms with Gasteiger partial charge in [0.15, 0.2) is 0 Å². The Morgan fingerprint density at radius 3 is 2.74 bits per heavy atom. The molecule has 0 N–H and O–H groups in total. The molecule has 3 rings (SSSR count). The molecule has 4 nitrogen and oxygen atoms in total. The van der Waals surface area contributed by atoms with E-state index in [1.807, 2.05) is 24.4 Å². The fourth-order valence-corrected chi connectivity index (χ4v) is 2.97. The average Bonchev–Trinajstić information content (AvgIpc) is 2.98.